The smallest absolute Gasteiger partial charge is 0.315 e. The summed E-state index contributed by atoms with van der Waals surface area (Å²) in [5.74, 6) is 0.394. The molecule has 3 aromatic rings. The SMILES string of the molecule is CCCCCCOc1nsnc1C1=CCC[N+](C)(C(OC(=O)Cc2ccccc2)c2ccccc2)C1.[I-]. The third-order valence-electron chi connectivity index (χ3n) is 6.65. The minimum absolute atomic E-state index is 0. The highest BCUT2D eigenvalue weighted by Gasteiger charge is 2.40. The Balaban J connectivity index is 0.00000380. The van der Waals surface area contributed by atoms with Crippen molar-refractivity contribution in [3.05, 3.63) is 83.6 Å². The molecule has 198 valence electrons. The van der Waals surface area contributed by atoms with Crippen LogP contribution in [0.4, 0.5) is 0 Å². The summed E-state index contributed by atoms with van der Waals surface area (Å²) in [7, 11) is 2.16. The number of nitrogens with zero attached hydrogens (tertiary/aromatic N) is 3. The number of carbonyl (C=O) groups is 1. The Bertz CT molecular complexity index is 1140. The molecule has 0 spiro atoms. The molecule has 2 atom stereocenters. The van der Waals surface area contributed by atoms with Crippen molar-refractivity contribution in [2.45, 2.75) is 51.7 Å². The Labute approximate surface area is 241 Å². The van der Waals surface area contributed by atoms with Gasteiger partial charge in [-0.15, -0.1) is 4.37 Å². The van der Waals surface area contributed by atoms with Crippen LogP contribution in [0.3, 0.4) is 0 Å². The summed E-state index contributed by atoms with van der Waals surface area (Å²) in [6, 6.07) is 19.8. The van der Waals surface area contributed by atoms with Gasteiger partial charge in [-0.25, -0.2) is 0 Å². The van der Waals surface area contributed by atoms with Gasteiger partial charge in [0.2, 0.25) is 0 Å². The lowest BCUT2D eigenvalue weighted by atomic mass is 10.0. The summed E-state index contributed by atoms with van der Waals surface area (Å²) in [5.41, 5.74) is 3.86. The lowest BCUT2D eigenvalue weighted by Gasteiger charge is -2.42. The molecule has 8 heteroatoms. The van der Waals surface area contributed by atoms with E-state index >= 15 is 0 Å². The largest absolute Gasteiger partial charge is 1.00 e. The van der Waals surface area contributed by atoms with Crippen LogP contribution >= 0.6 is 11.7 Å². The van der Waals surface area contributed by atoms with Gasteiger partial charge in [-0.1, -0.05) is 80.8 Å². The molecule has 0 saturated heterocycles. The highest BCUT2D eigenvalue weighted by molar-refractivity contribution is 6.99. The van der Waals surface area contributed by atoms with Gasteiger partial charge in [0.1, 0.15) is 12.2 Å². The van der Waals surface area contributed by atoms with Gasteiger partial charge in [0, 0.05) is 12.0 Å². The second-order valence-electron chi connectivity index (χ2n) is 9.62. The van der Waals surface area contributed by atoms with Gasteiger partial charge < -0.3 is 33.5 Å². The molecule has 37 heavy (non-hydrogen) atoms. The number of halogens is 1. The van der Waals surface area contributed by atoms with Crippen molar-refractivity contribution in [2.24, 2.45) is 0 Å². The van der Waals surface area contributed by atoms with Crippen molar-refractivity contribution in [2.75, 3.05) is 26.7 Å². The molecule has 1 aliphatic rings. The van der Waals surface area contributed by atoms with Crippen LogP contribution in [-0.2, 0) is 16.0 Å². The summed E-state index contributed by atoms with van der Waals surface area (Å²) < 4.78 is 21.8. The minimum Gasteiger partial charge on any atom is -1.00 e. The van der Waals surface area contributed by atoms with Crippen LogP contribution < -0.4 is 28.7 Å². The Morgan fingerprint density at radius 3 is 2.49 bits per heavy atom. The highest BCUT2D eigenvalue weighted by atomic mass is 127. The number of esters is 1. The Morgan fingerprint density at radius 1 is 1.03 bits per heavy atom. The monoisotopic (exact) mass is 633 g/mol. The predicted octanol–water partition coefficient (Wildman–Crippen LogP) is 3.22. The number of unbranched alkanes of at least 4 members (excludes halogenated alkanes) is 3. The molecule has 2 aromatic carbocycles. The Kier molecular flexibility index (Phi) is 11.5. The summed E-state index contributed by atoms with van der Waals surface area (Å²) in [6.45, 7) is 4.39. The maximum Gasteiger partial charge on any atom is 0.315 e. The first-order chi connectivity index (χ1) is 17.6. The molecular formula is C29H36IN3O3S. The van der Waals surface area contributed by atoms with E-state index in [1.54, 1.807) is 0 Å². The average molecular weight is 634 g/mol. The average Bonchev–Trinajstić information content (AvgIpc) is 3.37. The molecule has 1 aromatic heterocycles. The molecule has 1 aliphatic heterocycles. The molecule has 2 unspecified atom stereocenters. The summed E-state index contributed by atoms with van der Waals surface area (Å²) in [6.07, 6.45) is 7.52. The van der Waals surface area contributed by atoms with Gasteiger partial charge in [0.25, 0.3) is 12.1 Å². The van der Waals surface area contributed by atoms with E-state index in [4.69, 9.17) is 9.47 Å². The lowest BCUT2D eigenvalue weighted by Crippen LogP contribution is -3.00. The van der Waals surface area contributed by atoms with Gasteiger partial charge in [0.05, 0.1) is 43.9 Å². The lowest BCUT2D eigenvalue weighted by molar-refractivity contribution is -0.953. The van der Waals surface area contributed by atoms with Crippen LogP contribution in [-0.4, -0.2) is 45.9 Å². The fourth-order valence-electron chi connectivity index (χ4n) is 4.71. The molecule has 2 heterocycles. The zero-order valence-corrected chi connectivity index (χ0v) is 24.6. The normalized spacial score (nSPS) is 17.8. The van der Waals surface area contributed by atoms with Crippen molar-refractivity contribution in [1.82, 2.24) is 8.75 Å². The van der Waals surface area contributed by atoms with E-state index in [0.29, 0.717) is 23.5 Å². The van der Waals surface area contributed by atoms with Crippen LogP contribution in [0.1, 0.15) is 62.1 Å². The number of hydrogen-bond donors (Lipinski definition) is 0. The van der Waals surface area contributed by atoms with Crippen molar-refractivity contribution in [3.63, 3.8) is 0 Å². The quantitative estimate of drug-likeness (QED) is 0.133. The standard InChI is InChI=1S/C29H36N3O3S.HI/c1-3-4-5-12-20-34-28-27(30-36-31-28)25-18-13-19-32(2,22-25)29(24-16-10-7-11-17-24)35-26(33)21-23-14-8-6-9-15-23;/h6-11,14-18,29H,3-5,12-13,19-22H2,1-2H3;1H/q+1;/p-1. The van der Waals surface area contributed by atoms with Crippen LogP contribution in [0.5, 0.6) is 5.88 Å². The predicted molar refractivity (Wildman–Crippen MR) is 143 cm³/mol. The number of ether oxygens (including phenoxy) is 2. The third-order valence-corrected chi connectivity index (χ3v) is 7.16. The number of carbonyl (C=O) groups excluding carboxylic acids is 1. The molecule has 0 aliphatic carbocycles. The highest BCUT2D eigenvalue weighted by Crippen LogP contribution is 2.37. The Morgan fingerprint density at radius 2 is 1.76 bits per heavy atom. The molecule has 0 fully saturated rings. The number of rotatable bonds is 12. The van der Waals surface area contributed by atoms with Crippen LogP contribution in [0.15, 0.2) is 66.7 Å². The molecule has 0 N–H and O–H groups in total. The van der Waals surface area contributed by atoms with Crippen molar-refractivity contribution in [1.29, 1.82) is 0 Å². The van der Waals surface area contributed by atoms with Gasteiger partial charge in [-0.2, -0.15) is 4.37 Å². The Hall–Kier alpha value is -2.30. The van der Waals surface area contributed by atoms with E-state index in [1.165, 1.54) is 24.6 Å². The first kappa shape index (κ1) is 29.3. The third kappa shape index (κ3) is 8.09. The number of quaternary nitrogens is 1. The van der Waals surface area contributed by atoms with Crippen molar-refractivity contribution in [3.8, 4) is 5.88 Å². The van der Waals surface area contributed by atoms with E-state index in [9.17, 15) is 4.79 Å². The second-order valence-corrected chi connectivity index (χ2v) is 10.1. The molecule has 0 radical (unpaired) electrons. The summed E-state index contributed by atoms with van der Waals surface area (Å²) in [4.78, 5) is 13.1. The second kappa shape index (κ2) is 14.6. The molecule has 0 bridgehead atoms. The molecule has 0 saturated carbocycles. The molecule has 6 nitrogen and oxygen atoms in total. The topological polar surface area (TPSA) is 61.3 Å². The van der Waals surface area contributed by atoms with Gasteiger partial charge in [-0.3, -0.25) is 9.28 Å². The zero-order valence-electron chi connectivity index (χ0n) is 21.6. The van der Waals surface area contributed by atoms with Gasteiger partial charge in [-0.05, 0) is 24.1 Å². The van der Waals surface area contributed by atoms with E-state index in [-0.39, 0.29) is 36.4 Å². The fraction of sp³-hybridized carbons (Fsp3) is 0.414. The fourth-order valence-corrected chi connectivity index (χ4v) is 5.24. The maximum atomic E-state index is 13.1. The van der Waals surface area contributed by atoms with Crippen molar-refractivity contribution >= 4 is 23.3 Å². The van der Waals surface area contributed by atoms with E-state index < -0.39 is 6.23 Å². The first-order valence-electron chi connectivity index (χ1n) is 12.9. The molecule has 0 amide bonds. The number of benzene rings is 2. The van der Waals surface area contributed by atoms with Gasteiger partial charge >= 0.3 is 5.97 Å². The van der Waals surface area contributed by atoms with E-state index in [1.807, 2.05) is 60.7 Å². The van der Waals surface area contributed by atoms with E-state index in [2.05, 4.69) is 28.8 Å². The first-order valence-corrected chi connectivity index (χ1v) is 13.6. The maximum absolute atomic E-state index is 13.1. The minimum atomic E-state index is -0.420. The van der Waals surface area contributed by atoms with E-state index in [0.717, 1.165) is 48.2 Å². The number of likely N-dealkylation sites (N-methyl/N-ethyl adjacent to an activating group) is 1. The molecular weight excluding hydrogens is 597 g/mol. The van der Waals surface area contributed by atoms with Crippen LogP contribution in [0.2, 0.25) is 0 Å². The van der Waals surface area contributed by atoms with Crippen LogP contribution in [0, 0.1) is 0 Å². The number of hydrogen-bond acceptors (Lipinski definition) is 6. The summed E-state index contributed by atoms with van der Waals surface area (Å²) in [5, 5.41) is 0. The molecule has 4 rings (SSSR count). The van der Waals surface area contributed by atoms with Gasteiger partial charge in [0.15, 0.2) is 0 Å². The number of aromatic nitrogens is 2. The van der Waals surface area contributed by atoms with Crippen LogP contribution in [0.25, 0.3) is 5.57 Å². The zero-order chi connectivity index (χ0) is 25.2. The summed E-state index contributed by atoms with van der Waals surface area (Å²) >= 11 is 1.19. The van der Waals surface area contributed by atoms with Crippen molar-refractivity contribution < 1.29 is 42.7 Å².